The topological polar surface area (TPSA) is 130 Å². The van der Waals surface area contributed by atoms with E-state index < -0.39 is 11.7 Å². The van der Waals surface area contributed by atoms with E-state index in [4.69, 9.17) is 15.6 Å². The van der Waals surface area contributed by atoms with Gasteiger partial charge in [0.2, 0.25) is 0 Å². The molecule has 0 aliphatic rings. The second-order valence-electron chi connectivity index (χ2n) is 8.95. The average molecular weight is 459 g/mol. The zero-order chi connectivity index (χ0) is 25.0. The molecule has 9 heteroatoms. The minimum Gasteiger partial charge on any atom is -0.444 e. The first kappa shape index (κ1) is 27.7. The first-order valence-electron chi connectivity index (χ1n) is 11.0. The standard InChI is InChI=1S/C24H38N6O3/c1-17-10-11-18(22(31)29-20(25)12-13-21(26)30(5)6)19(16-17)27-14-8-7-9-15-28-23(32)33-24(2,3)4/h10-13,16,26-27H,7-9,14-15H2,1-6H3,(H,28,32)(H2,25,29,31)/b13-12-,26-21?. The van der Waals surface area contributed by atoms with E-state index in [-0.39, 0.29) is 17.6 Å². The quantitative estimate of drug-likeness (QED) is 0.206. The first-order valence-corrected chi connectivity index (χ1v) is 11.0. The molecule has 33 heavy (non-hydrogen) atoms. The number of carbonyl (C=O) groups is 2. The summed E-state index contributed by atoms with van der Waals surface area (Å²) in [6.07, 6.45) is 5.03. The Kier molecular flexibility index (Phi) is 11.1. The second-order valence-corrected chi connectivity index (χ2v) is 8.95. The van der Waals surface area contributed by atoms with Crippen LogP contribution in [0.1, 0.15) is 56.0 Å². The number of likely N-dealkylation sites (N-methyl/N-ethyl adjacent to an activating group) is 1. The lowest BCUT2D eigenvalue weighted by Gasteiger charge is -2.19. The second kappa shape index (κ2) is 13.2. The SMILES string of the molecule is Cc1ccc(C(=O)NC(=N)/C=C\C(=N)N(C)C)c(NCCCCCNC(=O)OC(C)(C)C)c1. The molecule has 0 aliphatic heterocycles. The van der Waals surface area contributed by atoms with Crippen LogP contribution in [0, 0.1) is 17.7 Å². The summed E-state index contributed by atoms with van der Waals surface area (Å²) in [6.45, 7) is 8.66. The molecule has 0 saturated carbocycles. The van der Waals surface area contributed by atoms with Gasteiger partial charge in [0.25, 0.3) is 5.91 Å². The number of unbranched alkanes of at least 4 members (excludes halogenated alkanes) is 2. The van der Waals surface area contributed by atoms with Crippen molar-refractivity contribution in [2.45, 2.75) is 52.6 Å². The zero-order valence-electron chi connectivity index (χ0n) is 20.6. The molecule has 1 aromatic rings. The van der Waals surface area contributed by atoms with Crippen LogP contribution < -0.4 is 16.0 Å². The largest absolute Gasteiger partial charge is 0.444 e. The van der Waals surface area contributed by atoms with E-state index in [0.717, 1.165) is 24.8 Å². The van der Waals surface area contributed by atoms with Crippen molar-refractivity contribution in [3.63, 3.8) is 0 Å². The summed E-state index contributed by atoms with van der Waals surface area (Å²) in [6, 6.07) is 5.49. The first-order chi connectivity index (χ1) is 15.4. The highest BCUT2D eigenvalue weighted by atomic mass is 16.6. The molecule has 5 N–H and O–H groups in total. The van der Waals surface area contributed by atoms with Gasteiger partial charge in [-0.05, 0) is 76.8 Å². The van der Waals surface area contributed by atoms with Crippen LogP contribution >= 0.6 is 0 Å². The van der Waals surface area contributed by atoms with Crippen LogP contribution in [0.5, 0.6) is 0 Å². The average Bonchev–Trinajstić information content (AvgIpc) is 2.69. The van der Waals surface area contributed by atoms with Gasteiger partial charge in [0.1, 0.15) is 17.3 Å². The third kappa shape index (κ3) is 11.7. The summed E-state index contributed by atoms with van der Waals surface area (Å²) in [4.78, 5) is 25.9. The van der Waals surface area contributed by atoms with Crippen molar-refractivity contribution < 1.29 is 14.3 Å². The van der Waals surface area contributed by atoms with Crippen molar-refractivity contribution in [1.82, 2.24) is 15.5 Å². The van der Waals surface area contributed by atoms with Gasteiger partial charge >= 0.3 is 6.09 Å². The van der Waals surface area contributed by atoms with Crippen LogP contribution in [0.3, 0.4) is 0 Å². The smallest absolute Gasteiger partial charge is 0.407 e. The number of nitrogens with zero attached hydrogens (tertiary/aromatic N) is 1. The summed E-state index contributed by atoms with van der Waals surface area (Å²) in [5, 5.41) is 24.3. The van der Waals surface area contributed by atoms with Gasteiger partial charge in [0.05, 0.1) is 5.56 Å². The molecule has 9 nitrogen and oxygen atoms in total. The van der Waals surface area contributed by atoms with Gasteiger partial charge in [-0.15, -0.1) is 0 Å². The molecule has 182 valence electrons. The third-order valence-corrected chi connectivity index (χ3v) is 4.39. The lowest BCUT2D eigenvalue weighted by Crippen LogP contribution is -2.33. The Labute approximate surface area is 197 Å². The molecule has 0 bridgehead atoms. The van der Waals surface area contributed by atoms with E-state index in [1.54, 1.807) is 25.1 Å². The van der Waals surface area contributed by atoms with Gasteiger partial charge in [-0.1, -0.05) is 6.07 Å². The number of rotatable bonds is 10. The van der Waals surface area contributed by atoms with Crippen molar-refractivity contribution in [2.75, 3.05) is 32.5 Å². The van der Waals surface area contributed by atoms with Gasteiger partial charge in [0.15, 0.2) is 0 Å². The number of anilines is 1. The molecule has 0 fully saturated rings. The Morgan fingerprint density at radius 3 is 2.36 bits per heavy atom. The Bertz CT molecular complexity index is 871. The predicted molar refractivity (Wildman–Crippen MR) is 134 cm³/mol. The van der Waals surface area contributed by atoms with Crippen molar-refractivity contribution in [1.29, 1.82) is 10.8 Å². The molecule has 2 amide bonds. The van der Waals surface area contributed by atoms with Crippen LogP contribution in [0.2, 0.25) is 0 Å². The van der Waals surface area contributed by atoms with Gasteiger partial charge in [-0.2, -0.15) is 0 Å². The third-order valence-electron chi connectivity index (χ3n) is 4.39. The van der Waals surface area contributed by atoms with Crippen LogP contribution in [0.25, 0.3) is 0 Å². The fraction of sp³-hybridized carbons (Fsp3) is 0.500. The highest BCUT2D eigenvalue weighted by molar-refractivity contribution is 6.12. The van der Waals surface area contributed by atoms with Crippen LogP contribution in [0.4, 0.5) is 10.5 Å². The highest BCUT2D eigenvalue weighted by Gasteiger charge is 2.15. The van der Waals surface area contributed by atoms with E-state index >= 15 is 0 Å². The van der Waals surface area contributed by atoms with Crippen LogP contribution in [-0.2, 0) is 4.74 Å². The van der Waals surface area contributed by atoms with E-state index in [2.05, 4.69) is 16.0 Å². The Hall–Kier alpha value is -3.36. The van der Waals surface area contributed by atoms with Gasteiger partial charge in [-0.25, -0.2) is 4.79 Å². The van der Waals surface area contributed by atoms with E-state index in [9.17, 15) is 9.59 Å². The maximum atomic E-state index is 12.7. The fourth-order valence-electron chi connectivity index (χ4n) is 2.70. The van der Waals surface area contributed by atoms with Crippen LogP contribution in [0.15, 0.2) is 30.4 Å². The number of amides is 2. The number of alkyl carbamates (subject to hydrolysis) is 1. The minimum absolute atomic E-state index is 0.0874. The number of amidine groups is 2. The van der Waals surface area contributed by atoms with E-state index in [1.165, 1.54) is 12.2 Å². The molecule has 0 aromatic heterocycles. The number of benzene rings is 1. The van der Waals surface area contributed by atoms with Gasteiger partial charge in [0, 0.05) is 32.9 Å². The summed E-state index contributed by atoms with van der Waals surface area (Å²) >= 11 is 0. The number of aryl methyl sites for hydroxylation is 1. The molecule has 0 heterocycles. The normalized spacial score (nSPS) is 11.1. The Balaban J connectivity index is 2.50. The molecule has 0 atom stereocenters. The van der Waals surface area contributed by atoms with E-state index in [1.807, 2.05) is 39.8 Å². The van der Waals surface area contributed by atoms with Crippen molar-refractivity contribution in [3.8, 4) is 0 Å². The zero-order valence-corrected chi connectivity index (χ0v) is 20.6. The highest BCUT2D eigenvalue weighted by Crippen LogP contribution is 2.18. The van der Waals surface area contributed by atoms with Crippen LogP contribution in [-0.4, -0.2) is 61.4 Å². The fourth-order valence-corrected chi connectivity index (χ4v) is 2.70. The monoisotopic (exact) mass is 458 g/mol. The number of ether oxygens (including phenoxy) is 1. The lowest BCUT2D eigenvalue weighted by atomic mass is 10.1. The molecule has 0 spiro atoms. The number of hydrogen-bond donors (Lipinski definition) is 5. The minimum atomic E-state index is -0.504. The summed E-state index contributed by atoms with van der Waals surface area (Å²) in [5.74, 6) is -0.242. The van der Waals surface area contributed by atoms with Gasteiger partial charge < -0.3 is 25.6 Å². The number of nitrogens with one attached hydrogen (secondary N) is 5. The maximum Gasteiger partial charge on any atom is 0.407 e. The predicted octanol–water partition coefficient (Wildman–Crippen LogP) is 3.90. The van der Waals surface area contributed by atoms with Gasteiger partial charge in [-0.3, -0.25) is 15.6 Å². The summed E-state index contributed by atoms with van der Waals surface area (Å²) in [5.41, 5.74) is 1.67. The molecular formula is C24H38N6O3. The Morgan fingerprint density at radius 1 is 1.06 bits per heavy atom. The van der Waals surface area contributed by atoms with Crippen molar-refractivity contribution in [3.05, 3.63) is 41.5 Å². The lowest BCUT2D eigenvalue weighted by molar-refractivity contribution is 0.0527. The summed E-state index contributed by atoms with van der Waals surface area (Å²) in [7, 11) is 3.47. The molecule has 0 unspecified atom stereocenters. The molecule has 0 radical (unpaired) electrons. The van der Waals surface area contributed by atoms with Crippen molar-refractivity contribution in [2.24, 2.45) is 0 Å². The molecule has 0 aliphatic carbocycles. The molecule has 1 rings (SSSR count). The number of carbonyl (C=O) groups excluding carboxylic acids is 2. The maximum absolute atomic E-state index is 12.7. The Morgan fingerprint density at radius 2 is 1.73 bits per heavy atom. The molecule has 0 saturated heterocycles. The van der Waals surface area contributed by atoms with Crippen molar-refractivity contribution >= 4 is 29.4 Å². The molecule has 1 aromatic carbocycles. The number of hydrogen-bond acceptors (Lipinski definition) is 6. The van der Waals surface area contributed by atoms with E-state index in [0.29, 0.717) is 24.3 Å². The summed E-state index contributed by atoms with van der Waals surface area (Å²) < 4.78 is 5.20. The molecular weight excluding hydrogens is 420 g/mol.